The van der Waals surface area contributed by atoms with E-state index in [1.165, 1.54) is 40.1 Å². The molecule has 0 bridgehead atoms. The molecular formula is C16H21N3. The van der Waals surface area contributed by atoms with Gasteiger partial charge >= 0.3 is 0 Å². The van der Waals surface area contributed by atoms with Crippen LogP contribution >= 0.6 is 0 Å². The summed E-state index contributed by atoms with van der Waals surface area (Å²) >= 11 is 0. The van der Waals surface area contributed by atoms with Gasteiger partial charge < -0.3 is 5.73 Å². The van der Waals surface area contributed by atoms with Crippen molar-refractivity contribution in [3.05, 3.63) is 40.7 Å². The van der Waals surface area contributed by atoms with E-state index >= 15 is 0 Å². The fourth-order valence-corrected chi connectivity index (χ4v) is 3.10. The second-order valence-electron chi connectivity index (χ2n) is 5.45. The molecule has 0 atom stereocenters. The van der Waals surface area contributed by atoms with Gasteiger partial charge in [0, 0.05) is 24.2 Å². The second kappa shape index (κ2) is 4.82. The first-order valence-corrected chi connectivity index (χ1v) is 7.07. The van der Waals surface area contributed by atoms with Crippen molar-refractivity contribution < 1.29 is 0 Å². The molecule has 0 fully saturated rings. The molecule has 3 heteroatoms. The topological polar surface area (TPSA) is 43.8 Å². The highest BCUT2D eigenvalue weighted by Gasteiger charge is 2.23. The van der Waals surface area contributed by atoms with Gasteiger partial charge in [0.1, 0.15) is 0 Å². The first-order valence-electron chi connectivity index (χ1n) is 7.07. The lowest BCUT2D eigenvalue weighted by atomic mass is 9.95. The summed E-state index contributed by atoms with van der Waals surface area (Å²) in [5, 5.41) is 4.76. The van der Waals surface area contributed by atoms with E-state index in [-0.39, 0.29) is 0 Å². The Hall–Kier alpha value is -1.61. The lowest BCUT2D eigenvalue weighted by molar-refractivity contribution is 0.643. The smallest absolute Gasteiger partial charge is 0.0718 e. The van der Waals surface area contributed by atoms with Gasteiger partial charge in [-0.15, -0.1) is 0 Å². The third-order valence-corrected chi connectivity index (χ3v) is 3.95. The quantitative estimate of drug-likeness (QED) is 0.916. The Bertz CT molecular complexity index is 611. The first-order chi connectivity index (χ1) is 9.20. The SMILES string of the molecule is Cc1ccc(-c2c(CCN)nn3c2CCC3)c(C)c1. The molecule has 1 aromatic carbocycles. The molecule has 0 unspecified atom stereocenters. The largest absolute Gasteiger partial charge is 0.330 e. The fraction of sp³-hybridized carbons (Fsp3) is 0.438. The summed E-state index contributed by atoms with van der Waals surface area (Å²) in [6, 6.07) is 6.68. The normalized spacial score (nSPS) is 13.8. The maximum Gasteiger partial charge on any atom is 0.0718 e. The molecule has 1 aliphatic rings. The van der Waals surface area contributed by atoms with Crippen LogP contribution in [0.1, 0.15) is 28.9 Å². The van der Waals surface area contributed by atoms with Crippen molar-refractivity contribution >= 4 is 0 Å². The molecule has 100 valence electrons. The summed E-state index contributed by atoms with van der Waals surface area (Å²) in [7, 11) is 0. The Labute approximate surface area is 114 Å². The van der Waals surface area contributed by atoms with E-state index in [1.54, 1.807) is 0 Å². The van der Waals surface area contributed by atoms with Gasteiger partial charge in [-0.25, -0.2) is 0 Å². The number of rotatable bonds is 3. The highest BCUT2D eigenvalue weighted by atomic mass is 15.3. The molecule has 2 aromatic rings. The number of hydrogen-bond acceptors (Lipinski definition) is 2. The molecule has 19 heavy (non-hydrogen) atoms. The summed E-state index contributed by atoms with van der Waals surface area (Å²) in [6.07, 6.45) is 3.21. The van der Waals surface area contributed by atoms with E-state index in [1.807, 2.05) is 0 Å². The van der Waals surface area contributed by atoms with Crippen LogP contribution in [0.25, 0.3) is 11.1 Å². The van der Waals surface area contributed by atoms with E-state index in [0.717, 1.165) is 19.4 Å². The van der Waals surface area contributed by atoms with Gasteiger partial charge in [0.2, 0.25) is 0 Å². The molecule has 1 aromatic heterocycles. The number of nitrogens with zero attached hydrogens (tertiary/aromatic N) is 2. The molecule has 0 radical (unpaired) electrons. The average Bonchev–Trinajstić information content (AvgIpc) is 2.91. The van der Waals surface area contributed by atoms with Crippen molar-refractivity contribution in [2.24, 2.45) is 5.73 Å². The van der Waals surface area contributed by atoms with Crippen molar-refractivity contribution in [1.29, 1.82) is 0 Å². The van der Waals surface area contributed by atoms with E-state index in [0.29, 0.717) is 6.54 Å². The monoisotopic (exact) mass is 255 g/mol. The highest BCUT2D eigenvalue weighted by molar-refractivity contribution is 5.72. The average molecular weight is 255 g/mol. The maximum absolute atomic E-state index is 5.74. The van der Waals surface area contributed by atoms with E-state index < -0.39 is 0 Å². The van der Waals surface area contributed by atoms with Crippen molar-refractivity contribution in [1.82, 2.24) is 9.78 Å². The zero-order valence-corrected chi connectivity index (χ0v) is 11.7. The molecule has 0 saturated carbocycles. The number of aryl methyl sites for hydroxylation is 3. The third kappa shape index (κ3) is 2.08. The van der Waals surface area contributed by atoms with Crippen LogP contribution in [-0.4, -0.2) is 16.3 Å². The van der Waals surface area contributed by atoms with Crippen LogP contribution in [0.4, 0.5) is 0 Å². The Kier molecular flexibility index (Phi) is 3.15. The molecule has 0 spiro atoms. The second-order valence-corrected chi connectivity index (χ2v) is 5.45. The highest BCUT2D eigenvalue weighted by Crippen LogP contribution is 2.34. The molecule has 1 aliphatic heterocycles. The summed E-state index contributed by atoms with van der Waals surface area (Å²) in [6.45, 7) is 6.04. The van der Waals surface area contributed by atoms with Gasteiger partial charge in [0.25, 0.3) is 0 Å². The molecule has 2 N–H and O–H groups in total. The summed E-state index contributed by atoms with van der Waals surface area (Å²) in [5.74, 6) is 0. The summed E-state index contributed by atoms with van der Waals surface area (Å²) < 4.78 is 2.18. The van der Waals surface area contributed by atoms with Crippen molar-refractivity contribution in [2.75, 3.05) is 6.54 Å². The first kappa shape index (κ1) is 12.4. The van der Waals surface area contributed by atoms with Gasteiger partial charge in [0.05, 0.1) is 5.69 Å². The number of hydrogen-bond donors (Lipinski definition) is 1. The van der Waals surface area contributed by atoms with Crippen LogP contribution in [0, 0.1) is 13.8 Å². The molecule has 3 rings (SSSR count). The lowest BCUT2D eigenvalue weighted by Gasteiger charge is -2.09. The molecule has 3 nitrogen and oxygen atoms in total. The van der Waals surface area contributed by atoms with Crippen LogP contribution < -0.4 is 5.73 Å². The van der Waals surface area contributed by atoms with Gasteiger partial charge in [-0.1, -0.05) is 23.8 Å². The Morgan fingerprint density at radius 1 is 1.32 bits per heavy atom. The van der Waals surface area contributed by atoms with Crippen LogP contribution in [0.15, 0.2) is 18.2 Å². The predicted octanol–water partition coefficient (Wildman–Crippen LogP) is 2.61. The van der Waals surface area contributed by atoms with Crippen molar-refractivity contribution in [3.63, 3.8) is 0 Å². The van der Waals surface area contributed by atoms with Gasteiger partial charge in [-0.05, 0) is 44.4 Å². The van der Waals surface area contributed by atoms with E-state index in [4.69, 9.17) is 10.8 Å². The van der Waals surface area contributed by atoms with Gasteiger partial charge in [-0.2, -0.15) is 5.10 Å². The summed E-state index contributed by atoms with van der Waals surface area (Å²) in [5.41, 5.74) is 13.6. The van der Waals surface area contributed by atoms with Gasteiger partial charge in [0.15, 0.2) is 0 Å². The van der Waals surface area contributed by atoms with Crippen LogP contribution in [0.2, 0.25) is 0 Å². The maximum atomic E-state index is 5.74. The Balaban J connectivity index is 2.17. The minimum absolute atomic E-state index is 0.661. The number of benzene rings is 1. The molecule has 2 heterocycles. The van der Waals surface area contributed by atoms with Crippen LogP contribution in [-0.2, 0) is 19.4 Å². The third-order valence-electron chi connectivity index (χ3n) is 3.95. The molecule has 0 amide bonds. The van der Waals surface area contributed by atoms with Crippen molar-refractivity contribution in [2.45, 2.75) is 39.7 Å². The van der Waals surface area contributed by atoms with Crippen LogP contribution in [0.3, 0.4) is 0 Å². The molecule has 0 saturated heterocycles. The number of aromatic nitrogens is 2. The minimum atomic E-state index is 0.661. The Morgan fingerprint density at radius 2 is 2.16 bits per heavy atom. The number of nitrogens with two attached hydrogens (primary N) is 1. The van der Waals surface area contributed by atoms with E-state index in [2.05, 4.69) is 36.7 Å². The zero-order valence-electron chi connectivity index (χ0n) is 11.7. The zero-order chi connectivity index (χ0) is 13.4. The lowest BCUT2D eigenvalue weighted by Crippen LogP contribution is -2.05. The minimum Gasteiger partial charge on any atom is -0.330 e. The van der Waals surface area contributed by atoms with Crippen LogP contribution in [0.5, 0.6) is 0 Å². The fourth-order valence-electron chi connectivity index (χ4n) is 3.10. The number of fused-ring (bicyclic) bond motifs is 1. The molecular weight excluding hydrogens is 234 g/mol. The van der Waals surface area contributed by atoms with Gasteiger partial charge in [-0.3, -0.25) is 4.68 Å². The predicted molar refractivity (Wildman–Crippen MR) is 78.2 cm³/mol. The standard InChI is InChI=1S/C16H21N3/c1-11-5-6-13(12(2)10-11)16-14(7-8-17)18-19-9-3-4-15(16)19/h5-6,10H,3-4,7-9,17H2,1-2H3. The molecule has 0 aliphatic carbocycles. The summed E-state index contributed by atoms with van der Waals surface area (Å²) in [4.78, 5) is 0. The van der Waals surface area contributed by atoms with E-state index in [9.17, 15) is 0 Å². The Morgan fingerprint density at radius 3 is 2.89 bits per heavy atom. The van der Waals surface area contributed by atoms with Crippen molar-refractivity contribution in [3.8, 4) is 11.1 Å².